The Morgan fingerprint density at radius 2 is 1.78 bits per heavy atom. The maximum absolute atomic E-state index is 12.5. The second-order valence-electron chi connectivity index (χ2n) is 6.52. The number of nitrogens with one attached hydrogen (secondary N) is 3. The molecule has 0 saturated carbocycles. The van der Waals surface area contributed by atoms with Gasteiger partial charge in [-0.2, -0.15) is 0 Å². The Balaban J connectivity index is 1.63. The van der Waals surface area contributed by atoms with Crippen LogP contribution in [0.4, 0.5) is 11.4 Å². The molecule has 6 nitrogen and oxygen atoms in total. The maximum atomic E-state index is 12.5. The van der Waals surface area contributed by atoms with Crippen LogP contribution >= 0.6 is 11.6 Å². The number of nitrogens with zero attached hydrogens (tertiary/aromatic N) is 1. The minimum atomic E-state index is -0.129. The van der Waals surface area contributed by atoms with Crippen LogP contribution in [-0.4, -0.2) is 42.9 Å². The zero-order valence-corrected chi connectivity index (χ0v) is 15.9. The van der Waals surface area contributed by atoms with E-state index in [1.807, 2.05) is 24.3 Å². The van der Waals surface area contributed by atoms with Gasteiger partial charge in [0.1, 0.15) is 0 Å². The highest BCUT2D eigenvalue weighted by molar-refractivity contribution is 6.31. The summed E-state index contributed by atoms with van der Waals surface area (Å²) in [6, 6.07) is 14.9. The van der Waals surface area contributed by atoms with Crippen LogP contribution in [-0.2, 0) is 9.59 Å². The maximum Gasteiger partial charge on any atom is 0.238 e. The second kappa shape index (κ2) is 8.99. The number of rotatable bonds is 5. The number of amides is 2. The largest absolute Gasteiger partial charge is 0.326 e. The van der Waals surface area contributed by atoms with Gasteiger partial charge in [-0.1, -0.05) is 29.8 Å². The van der Waals surface area contributed by atoms with Crippen molar-refractivity contribution in [2.24, 2.45) is 0 Å². The topological polar surface area (TPSA) is 73.5 Å². The fraction of sp³-hybridized carbons (Fsp3) is 0.300. The van der Waals surface area contributed by atoms with Crippen molar-refractivity contribution in [3.05, 3.63) is 59.1 Å². The SMILES string of the molecule is CC(=O)Nc1ccc(NC(=O)CN2CCNCC2c2ccccc2Cl)cc1. The first kappa shape index (κ1) is 19.4. The summed E-state index contributed by atoms with van der Waals surface area (Å²) in [6.07, 6.45) is 0. The summed E-state index contributed by atoms with van der Waals surface area (Å²) in [5, 5.41) is 9.69. The summed E-state index contributed by atoms with van der Waals surface area (Å²) in [6.45, 7) is 4.09. The van der Waals surface area contributed by atoms with Gasteiger partial charge in [0.2, 0.25) is 11.8 Å². The molecule has 0 radical (unpaired) electrons. The first-order valence-corrected chi connectivity index (χ1v) is 9.27. The third kappa shape index (κ3) is 5.29. The average Bonchev–Trinajstić information content (AvgIpc) is 2.64. The standard InChI is InChI=1S/C20H23ClN4O2/c1-14(26)23-15-6-8-16(9-7-15)24-20(27)13-25-11-10-22-12-19(25)17-4-2-3-5-18(17)21/h2-9,19,22H,10-13H2,1H3,(H,23,26)(H,24,27). The molecule has 3 rings (SSSR count). The number of carbonyl (C=O) groups is 2. The number of carbonyl (C=O) groups excluding carboxylic acids is 2. The van der Waals surface area contributed by atoms with Crippen LogP contribution < -0.4 is 16.0 Å². The average molecular weight is 387 g/mol. The molecule has 1 unspecified atom stereocenters. The molecule has 1 aliphatic heterocycles. The summed E-state index contributed by atoms with van der Waals surface area (Å²) in [7, 11) is 0. The molecule has 0 spiro atoms. The highest BCUT2D eigenvalue weighted by Crippen LogP contribution is 2.28. The van der Waals surface area contributed by atoms with Gasteiger partial charge < -0.3 is 16.0 Å². The van der Waals surface area contributed by atoms with Gasteiger partial charge in [-0.15, -0.1) is 0 Å². The fourth-order valence-electron chi connectivity index (χ4n) is 3.21. The zero-order valence-electron chi connectivity index (χ0n) is 15.2. The molecule has 2 amide bonds. The summed E-state index contributed by atoms with van der Waals surface area (Å²) < 4.78 is 0. The van der Waals surface area contributed by atoms with Crippen LogP contribution in [0.1, 0.15) is 18.5 Å². The Morgan fingerprint density at radius 1 is 1.11 bits per heavy atom. The quantitative estimate of drug-likeness (QED) is 0.738. The van der Waals surface area contributed by atoms with Crippen LogP contribution in [0, 0.1) is 0 Å². The van der Waals surface area contributed by atoms with Crippen molar-refractivity contribution in [3.63, 3.8) is 0 Å². The number of benzene rings is 2. The zero-order chi connectivity index (χ0) is 19.2. The van der Waals surface area contributed by atoms with Crippen molar-refractivity contribution in [1.29, 1.82) is 0 Å². The summed E-state index contributed by atoms with van der Waals surface area (Å²) in [5.41, 5.74) is 2.42. The molecule has 2 aromatic carbocycles. The Kier molecular flexibility index (Phi) is 6.45. The van der Waals surface area contributed by atoms with Crippen LogP contribution in [0.3, 0.4) is 0 Å². The predicted octanol–water partition coefficient (Wildman–Crippen LogP) is 2.88. The first-order chi connectivity index (χ1) is 13.0. The van der Waals surface area contributed by atoms with Crippen LogP contribution in [0.2, 0.25) is 5.02 Å². The van der Waals surface area contributed by atoms with E-state index in [0.717, 1.165) is 25.2 Å². The van der Waals surface area contributed by atoms with Crippen LogP contribution in [0.15, 0.2) is 48.5 Å². The molecule has 7 heteroatoms. The molecule has 2 aromatic rings. The number of halogens is 1. The minimum Gasteiger partial charge on any atom is -0.326 e. The minimum absolute atomic E-state index is 0.0559. The molecule has 1 fully saturated rings. The lowest BCUT2D eigenvalue weighted by molar-refractivity contribution is -0.118. The summed E-state index contributed by atoms with van der Waals surface area (Å²) >= 11 is 6.36. The molecule has 0 aliphatic carbocycles. The number of anilines is 2. The first-order valence-electron chi connectivity index (χ1n) is 8.89. The number of hydrogen-bond donors (Lipinski definition) is 3. The lowest BCUT2D eigenvalue weighted by atomic mass is 10.0. The van der Waals surface area contributed by atoms with Gasteiger partial charge >= 0.3 is 0 Å². The molecule has 1 aliphatic rings. The molecular formula is C20H23ClN4O2. The molecule has 3 N–H and O–H groups in total. The molecule has 0 bridgehead atoms. The van der Waals surface area contributed by atoms with Gasteiger partial charge in [-0.05, 0) is 35.9 Å². The van der Waals surface area contributed by atoms with Gasteiger partial charge in [0.25, 0.3) is 0 Å². The van der Waals surface area contributed by atoms with E-state index < -0.39 is 0 Å². The van der Waals surface area contributed by atoms with Crippen molar-refractivity contribution in [2.45, 2.75) is 13.0 Å². The Bertz CT molecular complexity index is 810. The monoisotopic (exact) mass is 386 g/mol. The van der Waals surface area contributed by atoms with Crippen molar-refractivity contribution >= 4 is 34.8 Å². The van der Waals surface area contributed by atoms with Gasteiger partial charge in [-0.25, -0.2) is 0 Å². The second-order valence-corrected chi connectivity index (χ2v) is 6.93. The van der Waals surface area contributed by atoms with Crippen LogP contribution in [0.25, 0.3) is 0 Å². The van der Waals surface area contributed by atoms with Crippen molar-refractivity contribution in [3.8, 4) is 0 Å². The molecule has 1 heterocycles. The van der Waals surface area contributed by atoms with Gasteiger partial charge in [0.15, 0.2) is 0 Å². The third-order valence-electron chi connectivity index (χ3n) is 4.45. The summed E-state index contributed by atoms with van der Waals surface area (Å²) in [5.74, 6) is -0.211. The Morgan fingerprint density at radius 3 is 2.44 bits per heavy atom. The van der Waals surface area contributed by atoms with Gasteiger partial charge in [-0.3, -0.25) is 14.5 Å². The molecular weight excluding hydrogens is 364 g/mol. The van der Waals surface area contributed by atoms with E-state index in [9.17, 15) is 9.59 Å². The Hall–Kier alpha value is -2.41. The lowest BCUT2D eigenvalue weighted by Gasteiger charge is -2.36. The normalized spacial score (nSPS) is 17.3. The molecule has 27 heavy (non-hydrogen) atoms. The number of piperazine rings is 1. The predicted molar refractivity (Wildman–Crippen MR) is 108 cm³/mol. The molecule has 1 saturated heterocycles. The van der Waals surface area contributed by atoms with E-state index in [1.165, 1.54) is 6.92 Å². The van der Waals surface area contributed by atoms with E-state index in [1.54, 1.807) is 24.3 Å². The molecule has 142 valence electrons. The van der Waals surface area contributed by atoms with Crippen molar-refractivity contribution in [1.82, 2.24) is 10.2 Å². The Labute approximate surface area is 163 Å². The third-order valence-corrected chi connectivity index (χ3v) is 4.80. The smallest absolute Gasteiger partial charge is 0.238 e. The van der Waals surface area contributed by atoms with E-state index >= 15 is 0 Å². The van der Waals surface area contributed by atoms with Crippen LogP contribution in [0.5, 0.6) is 0 Å². The molecule has 1 atom stereocenters. The van der Waals surface area contributed by atoms with Crippen molar-refractivity contribution < 1.29 is 9.59 Å². The van der Waals surface area contributed by atoms with Gasteiger partial charge in [0.05, 0.1) is 6.54 Å². The molecule has 0 aromatic heterocycles. The lowest BCUT2D eigenvalue weighted by Crippen LogP contribution is -2.48. The summed E-state index contributed by atoms with van der Waals surface area (Å²) in [4.78, 5) is 25.7. The highest BCUT2D eigenvalue weighted by atomic mass is 35.5. The highest BCUT2D eigenvalue weighted by Gasteiger charge is 2.26. The van der Waals surface area contributed by atoms with E-state index in [-0.39, 0.29) is 24.4 Å². The van der Waals surface area contributed by atoms with E-state index in [4.69, 9.17) is 11.6 Å². The van der Waals surface area contributed by atoms with E-state index in [2.05, 4.69) is 20.9 Å². The van der Waals surface area contributed by atoms with Crippen molar-refractivity contribution in [2.75, 3.05) is 36.8 Å². The number of hydrogen-bond acceptors (Lipinski definition) is 4. The van der Waals surface area contributed by atoms with E-state index in [0.29, 0.717) is 16.4 Å². The van der Waals surface area contributed by atoms with Gasteiger partial charge in [0, 0.05) is 49.0 Å². The fourth-order valence-corrected chi connectivity index (χ4v) is 3.47.